The fourth-order valence-electron chi connectivity index (χ4n) is 2.64. The molecule has 0 aliphatic heterocycles. The highest BCUT2D eigenvalue weighted by Crippen LogP contribution is 2.14. The van der Waals surface area contributed by atoms with Gasteiger partial charge in [0, 0.05) is 23.4 Å². The number of hydrogen-bond acceptors (Lipinski definition) is 4. The molecule has 0 bridgehead atoms. The van der Waals surface area contributed by atoms with Crippen LogP contribution in [0.3, 0.4) is 0 Å². The number of ether oxygens (including phenoxy) is 1. The molecule has 0 spiro atoms. The van der Waals surface area contributed by atoms with E-state index >= 15 is 0 Å². The molecule has 7 heteroatoms. The second-order valence-corrected chi connectivity index (χ2v) is 8.06. The van der Waals surface area contributed by atoms with Crippen molar-refractivity contribution in [3.63, 3.8) is 0 Å². The number of nitrogens with one attached hydrogen (secondary N) is 3. The van der Waals surface area contributed by atoms with Crippen LogP contribution >= 0.6 is 12.2 Å². The van der Waals surface area contributed by atoms with E-state index in [-0.39, 0.29) is 16.9 Å². The van der Waals surface area contributed by atoms with E-state index in [1.165, 1.54) is 0 Å². The van der Waals surface area contributed by atoms with Gasteiger partial charge >= 0.3 is 0 Å². The summed E-state index contributed by atoms with van der Waals surface area (Å²) in [6.45, 7) is 7.68. The Hall–Kier alpha value is -2.93. The van der Waals surface area contributed by atoms with Crippen molar-refractivity contribution in [1.82, 2.24) is 10.6 Å². The Morgan fingerprint density at radius 2 is 1.58 bits per heavy atom. The Morgan fingerprint density at radius 1 is 0.968 bits per heavy atom. The third-order valence-corrected chi connectivity index (χ3v) is 4.73. The average Bonchev–Trinajstić information content (AvgIpc) is 2.74. The van der Waals surface area contributed by atoms with Crippen LogP contribution < -0.4 is 20.7 Å². The summed E-state index contributed by atoms with van der Waals surface area (Å²) in [6, 6.07) is 13.9. The summed E-state index contributed by atoms with van der Waals surface area (Å²) in [5.41, 5.74) is 1.75. The highest BCUT2D eigenvalue weighted by atomic mass is 32.1. The van der Waals surface area contributed by atoms with Crippen molar-refractivity contribution in [3.05, 3.63) is 59.7 Å². The number of thiocarbonyl (C=S) groups is 1. The number of carbonyl (C=O) groups excluding carboxylic acids is 2. The maximum absolute atomic E-state index is 12.4. The quantitative estimate of drug-likeness (QED) is 0.366. The van der Waals surface area contributed by atoms with Gasteiger partial charge in [-0.25, -0.2) is 0 Å². The average molecular weight is 442 g/mol. The van der Waals surface area contributed by atoms with Gasteiger partial charge in [-0.05, 0) is 79.5 Å². The SMILES string of the molecule is CCCCNC(=O)c1ccc(NC(=S)NC(=O)c2ccc(OCCC(C)C)cc2)cc1. The van der Waals surface area contributed by atoms with E-state index in [1.54, 1.807) is 48.5 Å². The number of anilines is 1. The van der Waals surface area contributed by atoms with E-state index in [1.807, 2.05) is 0 Å². The maximum atomic E-state index is 12.4. The van der Waals surface area contributed by atoms with Crippen molar-refractivity contribution >= 4 is 34.8 Å². The van der Waals surface area contributed by atoms with Crippen LogP contribution in [0, 0.1) is 5.92 Å². The Bertz CT molecular complexity index is 865. The van der Waals surface area contributed by atoms with Crippen LogP contribution in [0.15, 0.2) is 48.5 Å². The van der Waals surface area contributed by atoms with Crippen molar-refractivity contribution < 1.29 is 14.3 Å². The molecule has 2 amide bonds. The summed E-state index contributed by atoms with van der Waals surface area (Å²) in [4.78, 5) is 24.4. The molecule has 0 aromatic heterocycles. The fraction of sp³-hybridized carbons (Fsp3) is 0.375. The van der Waals surface area contributed by atoms with Crippen LogP contribution in [-0.4, -0.2) is 30.1 Å². The highest BCUT2D eigenvalue weighted by Gasteiger charge is 2.09. The van der Waals surface area contributed by atoms with Crippen LogP contribution in [0.25, 0.3) is 0 Å². The first-order valence-corrected chi connectivity index (χ1v) is 11.0. The molecule has 2 aromatic carbocycles. The molecule has 2 aromatic rings. The normalized spacial score (nSPS) is 10.5. The van der Waals surface area contributed by atoms with Crippen molar-refractivity contribution in [1.29, 1.82) is 0 Å². The van der Waals surface area contributed by atoms with Crippen molar-refractivity contribution in [2.75, 3.05) is 18.5 Å². The molecule has 166 valence electrons. The molecule has 0 aliphatic carbocycles. The van der Waals surface area contributed by atoms with Gasteiger partial charge in [-0.2, -0.15) is 0 Å². The summed E-state index contributed by atoms with van der Waals surface area (Å²) in [5.74, 6) is 0.903. The first-order valence-electron chi connectivity index (χ1n) is 10.6. The minimum Gasteiger partial charge on any atom is -0.494 e. The second kappa shape index (κ2) is 12.7. The molecule has 2 rings (SSSR count). The van der Waals surface area contributed by atoms with Gasteiger partial charge in [-0.3, -0.25) is 14.9 Å². The van der Waals surface area contributed by atoms with Crippen LogP contribution in [-0.2, 0) is 0 Å². The molecule has 0 atom stereocenters. The predicted octanol–water partition coefficient (Wildman–Crippen LogP) is 4.77. The molecule has 3 N–H and O–H groups in total. The van der Waals surface area contributed by atoms with Gasteiger partial charge in [-0.15, -0.1) is 0 Å². The van der Waals surface area contributed by atoms with Gasteiger partial charge in [0.15, 0.2) is 5.11 Å². The van der Waals surface area contributed by atoms with Gasteiger partial charge in [0.05, 0.1) is 6.61 Å². The fourth-order valence-corrected chi connectivity index (χ4v) is 2.85. The first-order chi connectivity index (χ1) is 14.9. The van der Waals surface area contributed by atoms with Crippen LogP contribution in [0.5, 0.6) is 5.75 Å². The number of carbonyl (C=O) groups is 2. The maximum Gasteiger partial charge on any atom is 0.257 e. The topological polar surface area (TPSA) is 79.5 Å². The summed E-state index contributed by atoms with van der Waals surface area (Å²) in [6.07, 6.45) is 2.96. The first kappa shape index (κ1) is 24.3. The number of benzene rings is 2. The molecule has 0 heterocycles. The summed E-state index contributed by atoms with van der Waals surface area (Å²) >= 11 is 5.23. The Kier molecular flexibility index (Phi) is 9.97. The summed E-state index contributed by atoms with van der Waals surface area (Å²) < 4.78 is 5.67. The second-order valence-electron chi connectivity index (χ2n) is 7.65. The lowest BCUT2D eigenvalue weighted by Crippen LogP contribution is -2.34. The smallest absolute Gasteiger partial charge is 0.257 e. The van der Waals surface area contributed by atoms with Gasteiger partial charge in [0.1, 0.15) is 5.75 Å². The largest absolute Gasteiger partial charge is 0.494 e. The Balaban J connectivity index is 1.82. The van der Waals surface area contributed by atoms with Crippen LogP contribution in [0.1, 0.15) is 60.7 Å². The summed E-state index contributed by atoms with van der Waals surface area (Å²) in [5, 5.41) is 8.67. The minimum atomic E-state index is -0.307. The van der Waals surface area contributed by atoms with E-state index in [0.29, 0.717) is 35.9 Å². The molecular formula is C24H31N3O3S. The van der Waals surface area contributed by atoms with E-state index < -0.39 is 0 Å². The zero-order valence-electron chi connectivity index (χ0n) is 18.4. The highest BCUT2D eigenvalue weighted by molar-refractivity contribution is 7.80. The molecule has 0 saturated carbocycles. The van der Waals surface area contributed by atoms with E-state index in [0.717, 1.165) is 25.0 Å². The van der Waals surface area contributed by atoms with Gasteiger partial charge in [-0.1, -0.05) is 27.2 Å². The molecule has 0 saturated heterocycles. The lowest BCUT2D eigenvalue weighted by molar-refractivity contribution is 0.0950. The third-order valence-electron chi connectivity index (χ3n) is 4.53. The zero-order valence-corrected chi connectivity index (χ0v) is 19.2. The molecule has 31 heavy (non-hydrogen) atoms. The lowest BCUT2D eigenvalue weighted by Gasteiger charge is -2.11. The lowest BCUT2D eigenvalue weighted by atomic mass is 10.1. The Morgan fingerprint density at radius 3 is 2.19 bits per heavy atom. The van der Waals surface area contributed by atoms with E-state index in [4.69, 9.17) is 17.0 Å². The number of unbranched alkanes of at least 4 members (excludes halogenated alkanes) is 1. The van der Waals surface area contributed by atoms with Crippen LogP contribution in [0.2, 0.25) is 0 Å². The van der Waals surface area contributed by atoms with Crippen molar-refractivity contribution in [2.45, 2.75) is 40.0 Å². The zero-order chi connectivity index (χ0) is 22.6. The standard InChI is InChI=1S/C24H31N3O3S/c1-4-5-15-25-22(28)18-6-10-20(11-7-18)26-24(31)27-23(29)19-8-12-21(13-9-19)30-16-14-17(2)3/h6-13,17H,4-5,14-16H2,1-3H3,(H,25,28)(H2,26,27,29,31). The van der Waals surface area contributed by atoms with Gasteiger partial charge in [0.2, 0.25) is 0 Å². The monoisotopic (exact) mass is 441 g/mol. The molecule has 6 nitrogen and oxygen atoms in total. The number of hydrogen-bond donors (Lipinski definition) is 3. The van der Waals surface area contributed by atoms with E-state index in [9.17, 15) is 9.59 Å². The van der Waals surface area contributed by atoms with Crippen LogP contribution in [0.4, 0.5) is 5.69 Å². The third kappa shape index (κ3) is 8.76. The van der Waals surface area contributed by atoms with Gasteiger partial charge < -0.3 is 15.4 Å². The molecule has 0 aliphatic rings. The molecular weight excluding hydrogens is 410 g/mol. The molecule has 0 unspecified atom stereocenters. The van der Waals surface area contributed by atoms with Gasteiger partial charge in [0.25, 0.3) is 11.8 Å². The molecule has 0 radical (unpaired) electrons. The van der Waals surface area contributed by atoms with Crippen molar-refractivity contribution in [2.24, 2.45) is 5.92 Å². The number of rotatable bonds is 10. The Labute approximate surface area is 189 Å². The van der Waals surface area contributed by atoms with E-state index in [2.05, 4.69) is 36.7 Å². The number of amides is 2. The van der Waals surface area contributed by atoms with Crippen molar-refractivity contribution in [3.8, 4) is 5.75 Å². The minimum absolute atomic E-state index is 0.104. The summed E-state index contributed by atoms with van der Waals surface area (Å²) in [7, 11) is 0. The predicted molar refractivity (Wildman–Crippen MR) is 129 cm³/mol. The molecule has 0 fully saturated rings.